The maximum atomic E-state index is 12.3. The van der Waals surface area contributed by atoms with Crippen LogP contribution in [0.3, 0.4) is 0 Å². The molecule has 0 bridgehead atoms. The highest BCUT2D eigenvalue weighted by atomic mass is 32.2. The van der Waals surface area contributed by atoms with Gasteiger partial charge in [-0.1, -0.05) is 17.9 Å². The van der Waals surface area contributed by atoms with E-state index in [1.165, 1.54) is 19.2 Å². The number of rotatable bonds is 4. The molecule has 0 aliphatic rings. The van der Waals surface area contributed by atoms with Gasteiger partial charge in [-0.15, -0.1) is 0 Å². The third-order valence-corrected chi connectivity index (χ3v) is 4.42. The lowest BCUT2D eigenvalue weighted by Gasteiger charge is -2.18. The zero-order chi connectivity index (χ0) is 15.2. The summed E-state index contributed by atoms with van der Waals surface area (Å²) < 4.78 is 25.8. The van der Waals surface area contributed by atoms with Gasteiger partial charge in [0.05, 0.1) is 16.9 Å². The van der Waals surface area contributed by atoms with Gasteiger partial charge in [0.2, 0.25) is 10.0 Å². The maximum absolute atomic E-state index is 12.3. The number of aliphatic hydroxyl groups excluding tert-OH is 1. The van der Waals surface area contributed by atoms with Crippen molar-refractivity contribution in [1.82, 2.24) is 4.31 Å². The van der Waals surface area contributed by atoms with E-state index in [1.807, 2.05) is 6.07 Å². The van der Waals surface area contributed by atoms with Crippen LogP contribution in [-0.2, 0) is 10.0 Å². The Kier molecular flexibility index (Phi) is 5.72. The van der Waals surface area contributed by atoms with Crippen LogP contribution >= 0.6 is 0 Å². The van der Waals surface area contributed by atoms with Crippen LogP contribution in [0.4, 0.5) is 0 Å². The van der Waals surface area contributed by atoms with Crippen molar-refractivity contribution in [3.63, 3.8) is 0 Å². The summed E-state index contributed by atoms with van der Waals surface area (Å²) in [5.74, 6) is 4.75. The molecule has 0 aliphatic carbocycles. The van der Waals surface area contributed by atoms with Crippen LogP contribution in [0.25, 0.3) is 0 Å². The number of hydrogen-bond acceptors (Lipinski definition) is 4. The Hall–Kier alpha value is -1.86. The average Bonchev–Trinajstić information content (AvgIpc) is 2.45. The van der Waals surface area contributed by atoms with Crippen molar-refractivity contribution in [2.45, 2.75) is 11.8 Å². The molecule has 1 aromatic rings. The highest BCUT2D eigenvalue weighted by molar-refractivity contribution is 7.89. The first-order valence-corrected chi connectivity index (χ1v) is 7.41. The monoisotopic (exact) mass is 292 g/mol. The molecule has 1 N–H and O–H groups in total. The van der Waals surface area contributed by atoms with Crippen molar-refractivity contribution < 1.29 is 13.5 Å². The predicted molar refractivity (Wildman–Crippen MR) is 75.0 cm³/mol. The topological polar surface area (TPSA) is 81.4 Å². The molecule has 1 rings (SSSR count). The van der Waals surface area contributed by atoms with E-state index in [-0.39, 0.29) is 24.0 Å². The summed E-state index contributed by atoms with van der Waals surface area (Å²) in [6.07, 6.45) is 0. The lowest BCUT2D eigenvalue weighted by molar-refractivity contribution is 0.350. The lowest BCUT2D eigenvalue weighted by atomic mass is 10.2. The van der Waals surface area contributed by atoms with Crippen LogP contribution in [0.1, 0.15) is 12.5 Å². The molecule has 6 heteroatoms. The van der Waals surface area contributed by atoms with E-state index in [1.54, 1.807) is 19.1 Å². The Labute approximate surface area is 119 Å². The molecule has 0 radical (unpaired) electrons. The Morgan fingerprint density at radius 2 is 2.15 bits per heavy atom. The molecule has 0 spiro atoms. The van der Waals surface area contributed by atoms with Crippen LogP contribution in [-0.4, -0.2) is 38.0 Å². The molecule has 1 aromatic carbocycles. The van der Waals surface area contributed by atoms with E-state index in [0.717, 1.165) is 4.31 Å². The Bertz CT molecular complexity index is 666. The van der Waals surface area contributed by atoms with Crippen LogP contribution in [0.5, 0.6) is 0 Å². The van der Waals surface area contributed by atoms with Crippen LogP contribution in [0.2, 0.25) is 0 Å². The summed E-state index contributed by atoms with van der Waals surface area (Å²) in [6, 6.07) is 8.19. The van der Waals surface area contributed by atoms with Crippen molar-refractivity contribution in [1.29, 1.82) is 5.26 Å². The Morgan fingerprint density at radius 3 is 2.75 bits per heavy atom. The second-order valence-corrected chi connectivity index (χ2v) is 6.35. The number of nitriles is 1. The molecule has 0 amide bonds. The Balaban J connectivity index is 3.07. The van der Waals surface area contributed by atoms with Crippen LogP contribution < -0.4 is 0 Å². The molecule has 1 atom stereocenters. The third-order valence-electron chi connectivity index (χ3n) is 2.61. The summed E-state index contributed by atoms with van der Waals surface area (Å²) in [4.78, 5) is 0.120. The molecule has 0 aliphatic heterocycles. The minimum atomic E-state index is -3.64. The lowest BCUT2D eigenvalue weighted by Crippen LogP contribution is -2.30. The molecule has 0 saturated heterocycles. The fraction of sp³-hybridized carbons (Fsp3) is 0.357. The van der Waals surface area contributed by atoms with E-state index in [0.29, 0.717) is 5.56 Å². The smallest absolute Gasteiger partial charge is 0.242 e. The fourth-order valence-electron chi connectivity index (χ4n) is 1.58. The maximum Gasteiger partial charge on any atom is 0.242 e. The molecule has 0 heterocycles. The summed E-state index contributed by atoms with van der Waals surface area (Å²) in [7, 11) is -2.20. The molecular formula is C14H16N2O3S. The Morgan fingerprint density at radius 1 is 1.45 bits per heavy atom. The molecule has 106 valence electrons. The number of benzene rings is 1. The van der Waals surface area contributed by atoms with E-state index in [4.69, 9.17) is 10.4 Å². The van der Waals surface area contributed by atoms with E-state index in [2.05, 4.69) is 11.8 Å². The van der Waals surface area contributed by atoms with Gasteiger partial charge in [-0.3, -0.25) is 0 Å². The predicted octanol–water partition coefficient (Wildman–Crippen LogP) is 0.811. The average molecular weight is 292 g/mol. The molecule has 20 heavy (non-hydrogen) atoms. The molecule has 0 saturated carbocycles. The highest BCUT2D eigenvalue weighted by Crippen LogP contribution is 2.16. The highest BCUT2D eigenvalue weighted by Gasteiger charge is 2.22. The van der Waals surface area contributed by atoms with Crippen molar-refractivity contribution in [2.75, 3.05) is 20.2 Å². The van der Waals surface area contributed by atoms with Gasteiger partial charge < -0.3 is 5.11 Å². The van der Waals surface area contributed by atoms with Crippen molar-refractivity contribution >= 4 is 10.0 Å². The summed E-state index contributed by atoms with van der Waals surface area (Å²) in [5.41, 5.74) is 0.516. The first-order valence-electron chi connectivity index (χ1n) is 5.97. The van der Waals surface area contributed by atoms with E-state index < -0.39 is 10.0 Å². The quantitative estimate of drug-likeness (QED) is 0.833. The molecular weight excluding hydrogens is 276 g/mol. The second kappa shape index (κ2) is 7.06. The van der Waals surface area contributed by atoms with Gasteiger partial charge in [0, 0.05) is 19.2 Å². The summed E-state index contributed by atoms with van der Waals surface area (Å²) >= 11 is 0. The van der Waals surface area contributed by atoms with Gasteiger partial charge in [0.15, 0.2) is 0 Å². The van der Waals surface area contributed by atoms with Crippen LogP contribution in [0, 0.1) is 29.1 Å². The normalized spacial score (nSPS) is 12.3. The fourth-order valence-corrected chi connectivity index (χ4v) is 2.89. The third kappa shape index (κ3) is 4.07. The first kappa shape index (κ1) is 16.2. The number of nitrogens with zero attached hydrogens (tertiary/aromatic N) is 2. The first-order chi connectivity index (χ1) is 9.41. The molecule has 1 unspecified atom stereocenters. The van der Waals surface area contributed by atoms with E-state index in [9.17, 15) is 8.42 Å². The van der Waals surface area contributed by atoms with Gasteiger partial charge in [0.25, 0.3) is 0 Å². The molecule has 0 fully saturated rings. The molecule has 0 aromatic heterocycles. The van der Waals surface area contributed by atoms with Gasteiger partial charge in [-0.05, 0) is 25.1 Å². The zero-order valence-electron chi connectivity index (χ0n) is 11.4. The number of hydrogen-bond donors (Lipinski definition) is 1. The van der Waals surface area contributed by atoms with Gasteiger partial charge in [0.1, 0.15) is 6.61 Å². The second-order valence-electron chi connectivity index (χ2n) is 4.30. The summed E-state index contributed by atoms with van der Waals surface area (Å²) in [6.45, 7) is 1.51. The van der Waals surface area contributed by atoms with Gasteiger partial charge >= 0.3 is 0 Å². The SMILES string of the molecule is CC(C#N)CN(C)S(=O)(=O)c1cccc(C#CCO)c1. The van der Waals surface area contributed by atoms with Gasteiger partial charge in [-0.2, -0.15) is 9.57 Å². The number of sulfonamides is 1. The minimum Gasteiger partial charge on any atom is -0.384 e. The van der Waals surface area contributed by atoms with Crippen molar-refractivity contribution in [3.05, 3.63) is 29.8 Å². The van der Waals surface area contributed by atoms with Gasteiger partial charge in [-0.25, -0.2) is 8.42 Å². The summed E-state index contributed by atoms with van der Waals surface area (Å²) in [5, 5.41) is 17.4. The number of aliphatic hydroxyl groups is 1. The zero-order valence-corrected chi connectivity index (χ0v) is 12.2. The van der Waals surface area contributed by atoms with Crippen molar-refractivity contribution in [3.8, 4) is 17.9 Å². The molecule has 5 nitrogen and oxygen atoms in total. The standard InChI is InChI=1S/C14H16N2O3S/c1-12(10-15)11-16(2)20(18,19)14-7-3-5-13(9-14)6-4-8-17/h3,5,7,9,12,17H,8,11H2,1-2H3. The van der Waals surface area contributed by atoms with E-state index >= 15 is 0 Å². The minimum absolute atomic E-state index is 0.120. The largest absolute Gasteiger partial charge is 0.384 e. The van der Waals surface area contributed by atoms with Crippen LogP contribution in [0.15, 0.2) is 29.2 Å². The van der Waals surface area contributed by atoms with Crippen molar-refractivity contribution in [2.24, 2.45) is 5.92 Å².